The molecule has 0 bridgehead atoms. The van der Waals surface area contributed by atoms with Crippen molar-refractivity contribution < 1.29 is 4.74 Å². The quantitative estimate of drug-likeness (QED) is 0.796. The molecule has 1 aliphatic heterocycles. The van der Waals surface area contributed by atoms with E-state index in [0.717, 1.165) is 12.3 Å². The number of ether oxygens (including phenoxy) is 1. The predicted octanol–water partition coefficient (Wildman–Crippen LogP) is 2.84. The maximum absolute atomic E-state index is 5.39. The zero-order valence-electron chi connectivity index (χ0n) is 9.25. The second-order valence-corrected chi connectivity index (χ2v) is 4.61. The molecule has 15 heavy (non-hydrogen) atoms. The standard InChI is InChI=1S/C12H17NOS/c1-14-11-8-9(5-6-12(11)15-2)10-4-3-7-13-10/h5-6,8,10,13H,3-4,7H2,1-2H3. The van der Waals surface area contributed by atoms with Crippen LogP contribution >= 0.6 is 11.8 Å². The van der Waals surface area contributed by atoms with Crippen LogP contribution in [0.25, 0.3) is 0 Å². The van der Waals surface area contributed by atoms with Gasteiger partial charge in [0.25, 0.3) is 0 Å². The molecule has 1 fully saturated rings. The van der Waals surface area contributed by atoms with Gasteiger partial charge in [0.1, 0.15) is 5.75 Å². The topological polar surface area (TPSA) is 21.3 Å². The molecule has 0 aromatic heterocycles. The molecule has 0 radical (unpaired) electrons. The van der Waals surface area contributed by atoms with E-state index < -0.39 is 0 Å². The van der Waals surface area contributed by atoms with Gasteiger partial charge in [0, 0.05) is 10.9 Å². The van der Waals surface area contributed by atoms with Crippen LogP contribution in [0.1, 0.15) is 24.4 Å². The maximum atomic E-state index is 5.39. The Bertz CT molecular complexity index is 334. The number of methoxy groups -OCH3 is 1. The Morgan fingerprint density at radius 3 is 2.93 bits per heavy atom. The molecule has 3 heteroatoms. The summed E-state index contributed by atoms with van der Waals surface area (Å²) in [6.07, 6.45) is 4.59. The van der Waals surface area contributed by atoms with Gasteiger partial charge in [-0.3, -0.25) is 0 Å². The average Bonchev–Trinajstić information content (AvgIpc) is 2.81. The fourth-order valence-corrected chi connectivity index (χ4v) is 2.59. The molecule has 82 valence electrons. The number of benzene rings is 1. The fourth-order valence-electron chi connectivity index (χ4n) is 2.04. The fraction of sp³-hybridized carbons (Fsp3) is 0.500. The molecular weight excluding hydrogens is 206 g/mol. The Hall–Kier alpha value is -0.670. The summed E-state index contributed by atoms with van der Waals surface area (Å²) >= 11 is 1.73. The SMILES string of the molecule is COc1cc(C2CCCN2)ccc1SC. The molecule has 1 aromatic rings. The normalized spacial score (nSPS) is 20.5. The van der Waals surface area contributed by atoms with Gasteiger partial charge in [0.05, 0.1) is 7.11 Å². The van der Waals surface area contributed by atoms with Gasteiger partial charge in [0.15, 0.2) is 0 Å². The van der Waals surface area contributed by atoms with Crippen LogP contribution in [0.15, 0.2) is 23.1 Å². The van der Waals surface area contributed by atoms with Gasteiger partial charge in [-0.05, 0) is 43.3 Å². The highest BCUT2D eigenvalue weighted by molar-refractivity contribution is 7.98. The molecule has 1 aliphatic rings. The summed E-state index contributed by atoms with van der Waals surface area (Å²) in [5.41, 5.74) is 1.35. The van der Waals surface area contributed by atoms with Crippen LogP contribution in [0.3, 0.4) is 0 Å². The lowest BCUT2D eigenvalue weighted by molar-refractivity contribution is 0.403. The summed E-state index contributed by atoms with van der Waals surface area (Å²) in [6, 6.07) is 7.04. The van der Waals surface area contributed by atoms with E-state index >= 15 is 0 Å². The van der Waals surface area contributed by atoms with E-state index in [1.807, 2.05) is 0 Å². The number of hydrogen-bond donors (Lipinski definition) is 1. The van der Waals surface area contributed by atoms with Crippen LogP contribution in [0, 0.1) is 0 Å². The summed E-state index contributed by atoms with van der Waals surface area (Å²) < 4.78 is 5.39. The van der Waals surface area contributed by atoms with E-state index in [0.29, 0.717) is 6.04 Å². The molecule has 2 nitrogen and oxygen atoms in total. The predicted molar refractivity (Wildman–Crippen MR) is 64.8 cm³/mol. The summed E-state index contributed by atoms with van der Waals surface area (Å²) in [7, 11) is 1.74. The van der Waals surface area contributed by atoms with Gasteiger partial charge in [-0.2, -0.15) is 0 Å². The van der Waals surface area contributed by atoms with Crippen LogP contribution in [0.5, 0.6) is 5.75 Å². The van der Waals surface area contributed by atoms with Crippen LogP contribution in [0.4, 0.5) is 0 Å². The third-order valence-electron chi connectivity index (χ3n) is 2.87. The minimum atomic E-state index is 0.523. The van der Waals surface area contributed by atoms with Crippen LogP contribution in [-0.2, 0) is 0 Å². The van der Waals surface area contributed by atoms with Crippen molar-refractivity contribution in [2.24, 2.45) is 0 Å². The first kappa shape index (κ1) is 10.8. The highest BCUT2D eigenvalue weighted by Gasteiger charge is 2.17. The Morgan fingerprint density at radius 2 is 2.33 bits per heavy atom. The monoisotopic (exact) mass is 223 g/mol. The van der Waals surface area contributed by atoms with Crippen molar-refractivity contribution in [3.8, 4) is 5.75 Å². The second kappa shape index (κ2) is 4.90. The van der Waals surface area contributed by atoms with Gasteiger partial charge < -0.3 is 10.1 Å². The number of hydrogen-bond acceptors (Lipinski definition) is 3. The maximum Gasteiger partial charge on any atom is 0.132 e. The van der Waals surface area contributed by atoms with Gasteiger partial charge in [-0.25, -0.2) is 0 Å². The first-order valence-corrected chi connectivity index (χ1v) is 6.53. The van der Waals surface area contributed by atoms with E-state index in [2.05, 4.69) is 29.8 Å². The highest BCUT2D eigenvalue weighted by atomic mass is 32.2. The van der Waals surface area contributed by atoms with E-state index in [-0.39, 0.29) is 0 Å². The van der Waals surface area contributed by atoms with Crippen molar-refractivity contribution in [1.82, 2.24) is 5.32 Å². The molecule has 1 saturated heterocycles. The summed E-state index contributed by atoms with van der Waals surface area (Å²) in [4.78, 5) is 1.21. The minimum Gasteiger partial charge on any atom is -0.496 e. The Morgan fingerprint density at radius 1 is 1.47 bits per heavy atom. The van der Waals surface area contributed by atoms with Gasteiger partial charge in [0.2, 0.25) is 0 Å². The van der Waals surface area contributed by atoms with Crippen LogP contribution in [-0.4, -0.2) is 19.9 Å². The smallest absolute Gasteiger partial charge is 0.132 e. The highest BCUT2D eigenvalue weighted by Crippen LogP contribution is 2.32. The molecule has 1 N–H and O–H groups in total. The number of thioether (sulfide) groups is 1. The van der Waals surface area contributed by atoms with Crippen molar-refractivity contribution in [2.45, 2.75) is 23.8 Å². The molecule has 0 spiro atoms. The van der Waals surface area contributed by atoms with E-state index in [1.165, 1.54) is 23.3 Å². The molecular formula is C12H17NOS. The largest absolute Gasteiger partial charge is 0.496 e. The van der Waals surface area contributed by atoms with Crippen molar-refractivity contribution in [2.75, 3.05) is 19.9 Å². The Kier molecular flexibility index (Phi) is 3.54. The second-order valence-electron chi connectivity index (χ2n) is 3.76. The number of rotatable bonds is 3. The summed E-state index contributed by atoms with van der Waals surface area (Å²) in [5, 5.41) is 3.50. The van der Waals surface area contributed by atoms with Crippen LogP contribution < -0.4 is 10.1 Å². The lowest BCUT2D eigenvalue weighted by Crippen LogP contribution is -2.12. The lowest BCUT2D eigenvalue weighted by Gasteiger charge is -2.13. The van der Waals surface area contributed by atoms with Crippen molar-refractivity contribution in [1.29, 1.82) is 0 Å². The first-order valence-electron chi connectivity index (χ1n) is 5.30. The summed E-state index contributed by atoms with van der Waals surface area (Å²) in [6.45, 7) is 1.14. The third kappa shape index (κ3) is 2.29. The lowest BCUT2D eigenvalue weighted by atomic mass is 10.1. The third-order valence-corrected chi connectivity index (χ3v) is 3.65. The molecule has 1 unspecified atom stereocenters. The van der Waals surface area contributed by atoms with Crippen molar-refractivity contribution in [3.63, 3.8) is 0 Å². The van der Waals surface area contributed by atoms with Crippen molar-refractivity contribution >= 4 is 11.8 Å². The van der Waals surface area contributed by atoms with E-state index in [9.17, 15) is 0 Å². The first-order chi connectivity index (χ1) is 7.35. The van der Waals surface area contributed by atoms with E-state index in [4.69, 9.17) is 4.74 Å². The zero-order chi connectivity index (χ0) is 10.7. The molecule has 0 saturated carbocycles. The molecule has 2 rings (SSSR count). The molecule has 0 aliphatic carbocycles. The molecule has 1 heterocycles. The number of nitrogens with one attached hydrogen (secondary N) is 1. The zero-order valence-corrected chi connectivity index (χ0v) is 10.1. The molecule has 0 amide bonds. The Balaban J connectivity index is 2.25. The van der Waals surface area contributed by atoms with Gasteiger partial charge >= 0.3 is 0 Å². The van der Waals surface area contributed by atoms with Gasteiger partial charge in [-0.15, -0.1) is 11.8 Å². The Labute approximate surface area is 95.4 Å². The molecule has 1 atom stereocenters. The molecule has 1 aromatic carbocycles. The van der Waals surface area contributed by atoms with E-state index in [1.54, 1.807) is 18.9 Å². The van der Waals surface area contributed by atoms with Crippen LogP contribution in [0.2, 0.25) is 0 Å². The average molecular weight is 223 g/mol. The summed E-state index contributed by atoms with van der Waals surface area (Å²) in [5.74, 6) is 0.994. The van der Waals surface area contributed by atoms with Crippen molar-refractivity contribution in [3.05, 3.63) is 23.8 Å². The van der Waals surface area contributed by atoms with Gasteiger partial charge in [-0.1, -0.05) is 6.07 Å². The minimum absolute atomic E-state index is 0.523.